The standard InChI is InChI=1S/C13H12BClN4O3/c1-2-12(6-20)13(14,21)5-8(22-12)19-4-3-7-9(16)17-11(15)18-10(7)19/h1,3-4,8,20-21H,5-6H2,(H2,16,17,18)/t8-,12-,13-/m1/s1. The minimum absolute atomic E-state index is 0.0173. The lowest BCUT2D eigenvalue weighted by Crippen LogP contribution is -2.53. The molecule has 1 aliphatic rings. The summed E-state index contributed by atoms with van der Waals surface area (Å²) in [6.45, 7) is -0.621. The molecule has 7 nitrogen and oxygen atoms in total. The first-order valence-corrected chi connectivity index (χ1v) is 6.78. The van der Waals surface area contributed by atoms with E-state index >= 15 is 0 Å². The van der Waals surface area contributed by atoms with E-state index in [1.54, 1.807) is 16.8 Å². The third-order valence-electron chi connectivity index (χ3n) is 3.86. The highest BCUT2D eigenvalue weighted by Crippen LogP contribution is 2.43. The number of aliphatic hydroxyl groups excluding tert-OH is 1. The van der Waals surface area contributed by atoms with Crippen LogP contribution < -0.4 is 5.73 Å². The quantitative estimate of drug-likeness (QED) is 0.402. The van der Waals surface area contributed by atoms with Gasteiger partial charge in [-0.25, -0.2) is 4.98 Å². The number of rotatable bonds is 2. The number of aromatic nitrogens is 3. The Hall–Kier alpha value is -1.79. The van der Waals surface area contributed by atoms with Crippen molar-refractivity contribution in [1.29, 1.82) is 0 Å². The Morgan fingerprint density at radius 2 is 2.36 bits per heavy atom. The molecule has 2 aromatic rings. The molecule has 0 bridgehead atoms. The van der Waals surface area contributed by atoms with E-state index < -0.39 is 23.9 Å². The molecule has 1 aliphatic heterocycles. The second-order valence-corrected chi connectivity index (χ2v) is 5.51. The van der Waals surface area contributed by atoms with Crippen molar-refractivity contribution in [3.05, 3.63) is 17.5 Å². The van der Waals surface area contributed by atoms with E-state index in [0.717, 1.165) is 0 Å². The lowest BCUT2D eigenvalue weighted by molar-refractivity contribution is -0.100. The molecule has 2 aromatic heterocycles. The molecule has 2 radical (unpaired) electrons. The van der Waals surface area contributed by atoms with Gasteiger partial charge in [0.1, 0.15) is 25.5 Å². The average Bonchev–Trinajstić information content (AvgIpc) is 2.97. The van der Waals surface area contributed by atoms with E-state index in [9.17, 15) is 10.2 Å². The molecule has 0 saturated carbocycles. The van der Waals surface area contributed by atoms with E-state index in [-0.39, 0.29) is 17.5 Å². The van der Waals surface area contributed by atoms with Gasteiger partial charge in [0.15, 0.2) is 5.60 Å². The van der Waals surface area contributed by atoms with Crippen molar-refractivity contribution < 1.29 is 14.9 Å². The Bertz CT molecular complexity index is 787. The maximum atomic E-state index is 10.3. The van der Waals surface area contributed by atoms with E-state index in [1.807, 2.05) is 0 Å². The summed E-state index contributed by atoms with van der Waals surface area (Å²) in [5.41, 5.74) is 2.63. The number of hydrogen-bond acceptors (Lipinski definition) is 6. The van der Waals surface area contributed by atoms with Crippen LogP contribution in [0.15, 0.2) is 12.3 Å². The molecule has 3 atom stereocenters. The van der Waals surface area contributed by atoms with Crippen molar-refractivity contribution in [3.63, 3.8) is 0 Å². The van der Waals surface area contributed by atoms with Gasteiger partial charge >= 0.3 is 0 Å². The number of nitrogens with two attached hydrogens (primary N) is 1. The lowest BCUT2D eigenvalue weighted by atomic mass is 9.68. The number of nitrogen functional groups attached to an aromatic ring is 1. The average molecular weight is 319 g/mol. The molecule has 3 heterocycles. The first-order chi connectivity index (χ1) is 10.3. The van der Waals surface area contributed by atoms with Gasteiger partial charge in [-0.2, -0.15) is 4.98 Å². The van der Waals surface area contributed by atoms with Crippen molar-refractivity contribution in [2.75, 3.05) is 12.3 Å². The summed E-state index contributed by atoms with van der Waals surface area (Å²) in [6, 6.07) is 1.69. The minimum Gasteiger partial charge on any atom is -0.396 e. The van der Waals surface area contributed by atoms with Crippen LogP contribution in [0.1, 0.15) is 12.6 Å². The zero-order valence-corrected chi connectivity index (χ0v) is 12.2. The number of ether oxygens (including phenoxy) is 1. The fourth-order valence-corrected chi connectivity index (χ4v) is 2.77. The van der Waals surface area contributed by atoms with E-state index in [2.05, 4.69) is 15.9 Å². The van der Waals surface area contributed by atoms with Gasteiger partial charge in [0, 0.05) is 12.6 Å². The van der Waals surface area contributed by atoms with Gasteiger partial charge in [-0.15, -0.1) is 6.42 Å². The number of hydrogen-bond donors (Lipinski definition) is 3. The molecular formula is C13H12BClN4O3. The summed E-state index contributed by atoms with van der Waals surface area (Å²) in [5.74, 6) is 2.46. The maximum absolute atomic E-state index is 10.3. The molecule has 0 aromatic carbocycles. The first kappa shape index (κ1) is 15.1. The van der Waals surface area contributed by atoms with Crippen molar-refractivity contribution >= 4 is 36.3 Å². The molecule has 112 valence electrons. The number of anilines is 1. The second-order valence-electron chi connectivity index (χ2n) is 5.17. The molecule has 22 heavy (non-hydrogen) atoms. The monoisotopic (exact) mass is 318 g/mol. The maximum Gasteiger partial charge on any atom is 0.226 e. The smallest absolute Gasteiger partial charge is 0.226 e. The largest absolute Gasteiger partial charge is 0.396 e. The summed E-state index contributed by atoms with van der Waals surface area (Å²) in [5, 5.41) is 20.4. The number of fused-ring (bicyclic) bond motifs is 1. The van der Waals surface area contributed by atoms with Gasteiger partial charge in [-0.05, 0) is 17.7 Å². The summed E-state index contributed by atoms with van der Waals surface area (Å²) >= 11 is 5.82. The molecule has 1 saturated heterocycles. The van der Waals surface area contributed by atoms with Gasteiger partial charge in [0.05, 0.1) is 17.5 Å². The zero-order valence-electron chi connectivity index (χ0n) is 11.4. The number of aliphatic hydroxyl groups is 2. The minimum atomic E-state index is -1.89. The van der Waals surface area contributed by atoms with Crippen LogP contribution in [0, 0.1) is 12.3 Å². The molecule has 0 spiro atoms. The second kappa shape index (κ2) is 4.86. The Morgan fingerprint density at radius 1 is 1.64 bits per heavy atom. The predicted molar refractivity (Wildman–Crippen MR) is 81.0 cm³/mol. The number of terminal acetylenes is 1. The van der Waals surface area contributed by atoms with Gasteiger partial charge in [-0.3, -0.25) is 0 Å². The summed E-state index contributed by atoms with van der Waals surface area (Å²) in [4.78, 5) is 7.97. The first-order valence-electron chi connectivity index (χ1n) is 6.41. The van der Waals surface area contributed by atoms with Crippen LogP contribution in [0.4, 0.5) is 5.82 Å². The highest BCUT2D eigenvalue weighted by atomic mass is 35.5. The fraction of sp³-hybridized carbons (Fsp3) is 0.385. The topological polar surface area (TPSA) is 106 Å². The Morgan fingerprint density at radius 3 is 2.95 bits per heavy atom. The zero-order chi connectivity index (χ0) is 16.1. The van der Waals surface area contributed by atoms with Gasteiger partial charge in [0.25, 0.3) is 0 Å². The molecule has 0 unspecified atom stereocenters. The molecule has 3 rings (SSSR count). The third kappa shape index (κ3) is 1.98. The van der Waals surface area contributed by atoms with Crippen LogP contribution in [-0.4, -0.2) is 50.3 Å². The van der Waals surface area contributed by atoms with Crippen LogP contribution in [0.5, 0.6) is 0 Å². The normalized spacial score (nSPS) is 31.5. The molecule has 0 amide bonds. The highest BCUT2D eigenvalue weighted by molar-refractivity contribution is 6.28. The van der Waals surface area contributed by atoms with Gasteiger partial charge in [-0.1, -0.05) is 5.92 Å². The Balaban J connectivity index is 2.09. The Labute approximate surface area is 132 Å². The molecule has 9 heteroatoms. The number of nitrogens with zero attached hydrogens (tertiary/aromatic N) is 3. The molecular weight excluding hydrogens is 306 g/mol. The van der Waals surface area contributed by atoms with Crippen LogP contribution in [0.3, 0.4) is 0 Å². The van der Waals surface area contributed by atoms with Crippen molar-refractivity contribution in [1.82, 2.24) is 14.5 Å². The lowest BCUT2D eigenvalue weighted by Gasteiger charge is -2.32. The van der Waals surface area contributed by atoms with Crippen LogP contribution in [-0.2, 0) is 4.74 Å². The van der Waals surface area contributed by atoms with Gasteiger partial charge in [0.2, 0.25) is 5.28 Å². The molecule has 1 fully saturated rings. The van der Waals surface area contributed by atoms with Crippen molar-refractivity contribution in [2.45, 2.75) is 23.8 Å². The Kier molecular flexibility index (Phi) is 3.34. The predicted octanol–water partition coefficient (Wildman–Crippen LogP) is -0.193. The van der Waals surface area contributed by atoms with Crippen molar-refractivity contribution in [2.24, 2.45) is 0 Å². The summed E-state index contributed by atoms with van der Waals surface area (Å²) in [7, 11) is 5.81. The summed E-state index contributed by atoms with van der Waals surface area (Å²) in [6.07, 6.45) is 6.26. The van der Waals surface area contributed by atoms with Crippen LogP contribution in [0.25, 0.3) is 11.0 Å². The van der Waals surface area contributed by atoms with Gasteiger partial charge < -0.3 is 25.3 Å². The van der Waals surface area contributed by atoms with E-state index in [4.69, 9.17) is 36.3 Å². The third-order valence-corrected chi connectivity index (χ3v) is 4.03. The molecule has 0 aliphatic carbocycles. The number of halogens is 1. The van der Waals surface area contributed by atoms with E-state index in [0.29, 0.717) is 11.0 Å². The highest BCUT2D eigenvalue weighted by Gasteiger charge is 2.55. The van der Waals surface area contributed by atoms with Crippen LogP contribution >= 0.6 is 11.6 Å². The SMILES string of the molecule is [B][C@@]1(O)C[C@H](n2ccc3c(N)nc(Cl)nc32)O[C@]1(C#C)CO. The van der Waals surface area contributed by atoms with Crippen LogP contribution in [0.2, 0.25) is 5.28 Å². The van der Waals surface area contributed by atoms with Crippen molar-refractivity contribution in [3.8, 4) is 12.3 Å². The molecule has 4 N–H and O–H groups in total. The fourth-order valence-electron chi connectivity index (χ4n) is 2.60. The summed E-state index contributed by atoms with van der Waals surface area (Å²) < 4.78 is 7.24. The van der Waals surface area contributed by atoms with E-state index in [1.165, 1.54) is 0 Å².